The molecule has 0 radical (unpaired) electrons. The van der Waals surface area contributed by atoms with Gasteiger partial charge in [0.2, 0.25) is 0 Å². The molecule has 1 aromatic carbocycles. The van der Waals surface area contributed by atoms with Gasteiger partial charge in [0.15, 0.2) is 0 Å². The van der Waals surface area contributed by atoms with Crippen molar-refractivity contribution in [3.05, 3.63) is 35.9 Å². The fourth-order valence-corrected chi connectivity index (χ4v) is 3.76. The van der Waals surface area contributed by atoms with Crippen molar-refractivity contribution < 1.29 is 13.2 Å². The molecule has 1 heterocycles. The zero-order chi connectivity index (χ0) is 14.4. The molecule has 0 spiro atoms. The Morgan fingerprint density at radius 3 is 2.80 bits per heavy atom. The summed E-state index contributed by atoms with van der Waals surface area (Å²) in [4.78, 5) is 0. The van der Waals surface area contributed by atoms with Crippen LogP contribution in [0, 0.1) is 0 Å². The maximum absolute atomic E-state index is 12.4. The molecule has 6 heteroatoms. The number of ether oxygens (including phenoxy) is 1. The van der Waals surface area contributed by atoms with E-state index in [1.807, 2.05) is 30.3 Å². The highest BCUT2D eigenvalue weighted by atomic mass is 32.2. The average Bonchev–Trinajstić information content (AvgIpc) is 2.47. The maximum Gasteiger partial charge on any atom is 0.280 e. The van der Waals surface area contributed by atoms with Crippen molar-refractivity contribution in [3.63, 3.8) is 0 Å². The lowest BCUT2D eigenvalue weighted by Crippen LogP contribution is -2.52. The highest BCUT2D eigenvalue weighted by molar-refractivity contribution is 7.87. The molecule has 1 N–H and O–H groups in total. The molecule has 0 bridgehead atoms. The molecule has 0 aromatic heterocycles. The first-order chi connectivity index (χ1) is 9.63. The predicted octanol–water partition coefficient (Wildman–Crippen LogP) is 1.52. The zero-order valence-corrected chi connectivity index (χ0v) is 12.6. The summed E-state index contributed by atoms with van der Waals surface area (Å²) < 4.78 is 34.4. The Balaban J connectivity index is 2.01. The summed E-state index contributed by atoms with van der Waals surface area (Å²) in [6.45, 7) is 3.75. The van der Waals surface area contributed by atoms with Gasteiger partial charge in [-0.15, -0.1) is 0 Å². The van der Waals surface area contributed by atoms with Gasteiger partial charge in [-0.05, 0) is 12.0 Å². The number of hydrogen-bond acceptors (Lipinski definition) is 3. The second kappa shape index (κ2) is 7.17. The van der Waals surface area contributed by atoms with Gasteiger partial charge in [0.25, 0.3) is 10.2 Å². The second-order valence-corrected chi connectivity index (χ2v) is 6.65. The number of morpholine rings is 1. The molecule has 1 aliphatic rings. The van der Waals surface area contributed by atoms with Crippen molar-refractivity contribution >= 4 is 10.2 Å². The van der Waals surface area contributed by atoms with Crippen LogP contribution in [0.4, 0.5) is 0 Å². The van der Waals surface area contributed by atoms with E-state index in [1.165, 1.54) is 0 Å². The zero-order valence-electron chi connectivity index (χ0n) is 11.8. The van der Waals surface area contributed by atoms with E-state index in [-0.39, 0.29) is 6.04 Å². The fraction of sp³-hybridized carbons (Fsp3) is 0.571. The minimum Gasteiger partial charge on any atom is -0.378 e. The maximum atomic E-state index is 12.4. The normalized spacial score (nSPS) is 20.9. The highest BCUT2D eigenvalue weighted by Crippen LogP contribution is 2.16. The SMILES string of the molecule is CCC[C@@H]1COCCN1S(=O)(=O)NCc1ccccc1. The molecular weight excluding hydrogens is 276 g/mol. The molecule has 2 rings (SSSR count). The quantitative estimate of drug-likeness (QED) is 0.866. The van der Waals surface area contributed by atoms with Crippen molar-refractivity contribution in [2.45, 2.75) is 32.4 Å². The van der Waals surface area contributed by atoms with Gasteiger partial charge in [0.1, 0.15) is 0 Å². The topological polar surface area (TPSA) is 58.6 Å². The monoisotopic (exact) mass is 298 g/mol. The molecule has 1 aromatic rings. The van der Waals surface area contributed by atoms with E-state index in [0.717, 1.165) is 18.4 Å². The lowest BCUT2D eigenvalue weighted by atomic mass is 10.1. The fourth-order valence-electron chi connectivity index (χ4n) is 2.37. The Bertz CT molecular complexity index is 502. The van der Waals surface area contributed by atoms with E-state index in [9.17, 15) is 8.42 Å². The third-order valence-corrected chi connectivity index (χ3v) is 5.01. The van der Waals surface area contributed by atoms with Gasteiger partial charge >= 0.3 is 0 Å². The lowest BCUT2D eigenvalue weighted by Gasteiger charge is -2.34. The second-order valence-electron chi connectivity index (χ2n) is 4.94. The molecule has 1 saturated heterocycles. The standard InChI is InChI=1S/C14H22N2O3S/c1-2-6-14-12-19-10-9-16(14)20(17,18)15-11-13-7-4-3-5-8-13/h3-5,7-8,14-15H,2,6,9-12H2,1H3/t14-/m1/s1. The van der Waals surface area contributed by atoms with Crippen molar-refractivity contribution in [2.75, 3.05) is 19.8 Å². The van der Waals surface area contributed by atoms with Crippen LogP contribution in [0.3, 0.4) is 0 Å². The van der Waals surface area contributed by atoms with Crippen LogP contribution in [0.15, 0.2) is 30.3 Å². The van der Waals surface area contributed by atoms with E-state index in [1.54, 1.807) is 4.31 Å². The van der Waals surface area contributed by atoms with Crippen LogP contribution in [0.2, 0.25) is 0 Å². The Morgan fingerprint density at radius 2 is 2.10 bits per heavy atom. The molecule has 1 atom stereocenters. The summed E-state index contributed by atoms with van der Waals surface area (Å²) >= 11 is 0. The summed E-state index contributed by atoms with van der Waals surface area (Å²) in [7, 11) is -3.45. The van der Waals surface area contributed by atoms with Crippen LogP contribution in [0.5, 0.6) is 0 Å². The molecule has 5 nitrogen and oxygen atoms in total. The first-order valence-corrected chi connectivity index (χ1v) is 8.45. The first kappa shape index (κ1) is 15.4. The van der Waals surface area contributed by atoms with E-state index in [4.69, 9.17) is 4.74 Å². The molecule has 0 saturated carbocycles. The van der Waals surface area contributed by atoms with Gasteiger partial charge in [-0.1, -0.05) is 43.7 Å². The van der Waals surface area contributed by atoms with E-state index in [0.29, 0.717) is 26.3 Å². The van der Waals surface area contributed by atoms with Crippen molar-refractivity contribution in [1.82, 2.24) is 9.03 Å². The molecule has 1 aliphatic heterocycles. The van der Waals surface area contributed by atoms with Crippen LogP contribution in [-0.2, 0) is 21.5 Å². The van der Waals surface area contributed by atoms with Gasteiger partial charge in [-0.25, -0.2) is 0 Å². The van der Waals surface area contributed by atoms with E-state index >= 15 is 0 Å². The predicted molar refractivity (Wildman–Crippen MR) is 78.4 cm³/mol. The third-order valence-electron chi connectivity index (χ3n) is 3.41. The Morgan fingerprint density at radius 1 is 1.35 bits per heavy atom. The van der Waals surface area contributed by atoms with Crippen molar-refractivity contribution in [2.24, 2.45) is 0 Å². The minimum atomic E-state index is -3.45. The molecule has 0 unspecified atom stereocenters. The largest absolute Gasteiger partial charge is 0.378 e. The van der Waals surface area contributed by atoms with Crippen LogP contribution in [0.25, 0.3) is 0 Å². The minimum absolute atomic E-state index is 0.0537. The summed E-state index contributed by atoms with van der Waals surface area (Å²) in [6.07, 6.45) is 1.77. The lowest BCUT2D eigenvalue weighted by molar-refractivity contribution is 0.0288. The van der Waals surface area contributed by atoms with Crippen molar-refractivity contribution in [3.8, 4) is 0 Å². The van der Waals surface area contributed by atoms with Crippen LogP contribution < -0.4 is 4.72 Å². The van der Waals surface area contributed by atoms with Gasteiger partial charge in [0.05, 0.1) is 13.2 Å². The number of rotatable bonds is 6. The van der Waals surface area contributed by atoms with E-state index in [2.05, 4.69) is 11.6 Å². The summed E-state index contributed by atoms with van der Waals surface area (Å²) in [5.74, 6) is 0. The summed E-state index contributed by atoms with van der Waals surface area (Å²) in [5, 5.41) is 0. The Kier molecular flexibility index (Phi) is 5.54. The third kappa shape index (κ3) is 4.02. The molecule has 0 aliphatic carbocycles. The Hall–Kier alpha value is -0.950. The van der Waals surface area contributed by atoms with Gasteiger partial charge in [0, 0.05) is 19.1 Å². The number of hydrogen-bond donors (Lipinski definition) is 1. The number of nitrogens with zero attached hydrogens (tertiary/aromatic N) is 1. The number of benzene rings is 1. The summed E-state index contributed by atoms with van der Waals surface area (Å²) in [6, 6.07) is 9.48. The van der Waals surface area contributed by atoms with Gasteiger partial charge in [-0.2, -0.15) is 17.4 Å². The highest BCUT2D eigenvalue weighted by Gasteiger charge is 2.31. The van der Waals surface area contributed by atoms with E-state index < -0.39 is 10.2 Å². The van der Waals surface area contributed by atoms with Gasteiger partial charge in [-0.3, -0.25) is 0 Å². The van der Waals surface area contributed by atoms with Crippen LogP contribution in [-0.4, -0.2) is 38.5 Å². The van der Waals surface area contributed by atoms with Gasteiger partial charge < -0.3 is 4.74 Å². The van der Waals surface area contributed by atoms with Crippen molar-refractivity contribution in [1.29, 1.82) is 0 Å². The number of nitrogens with one attached hydrogen (secondary N) is 1. The average molecular weight is 298 g/mol. The summed E-state index contributed by atoms with van der Waals surface area (Å²) in [5.41, 5.74) is 0.955. The molecule has 0 amide bonds. The Labute approximate surface area is 121 Å². The molecule has 1 fully saturated rings. The first-order valence-electron chi connectivity index (χ1n) is 7.01. The van der Waals surface area contributed by atoms with Crippen LogP contribution in [0.1, 0.15) is 25.3 Å². The molecule has 20 heavy (non-hydrogen) atoms. The molecule has 112 valence electrons. The molecular formula is C14H22N2O3S. The van der Waals surface area contributed by atoms with Crippen LogP contribution >= 0.6 is 0 Å². The smallest absolute Gasteiger partial charge is 0.280 e.